The van der Waals surface area contributed by atoms with E-state index in [0.717, 1.165) is 28.7 Å². The van der Waals surface area contributed by atoms with Crippen molar-refractivity contribution in [3.8, 4) is 11.4 Å². The first-order valence-electron chi connectivity index (χ1n) is 9.36. The van der Waals surface area contributed by atoms with Gasteiger partial charge >= 0.3 is 0 Å². The molecule has 1 saturated heterocycles. The van der Waals surface area contributed by atoms with E-state index in [4.69, 9.17) is 4.52 Å². The first-order valence-corrected chi connectivity index (χ1v) is 10.8. The van der Waals surface area contributed by atoms with Crippen molar-refractivity contribution < 1.29 is 12.9 Å². The van der Waals surface area contributed by atoms with E-state index in [0.29, 0.717) is 29.6 Å². The van der Waals surface area contributed by atoms with Gasteiger partial charge in [0.05, 0.1) is 4.90 Å². The van der Waals surface area contributed by atoms with E-state index in [1.54, 1.807) is 6.07 Å². The van der Waals surface area contributed by atoms with Crippen LogP contribution in [-0.4, -0.2) is 29.4 Å². The monoisotopic (exact) mass is 397 g/mol. The molecule has 0 N–H and O–H groups in total. The highest BCUT2D eigenvalue weighted by Gasteiger charge is 2.40. The van der Waals surface area contributed by atoms with Crippen LogP contribution in [0, 0.1) is 20.8 Å². The van der Waals surface area contributed by atoms with Crippen LogP contribution in [-0.2, 0) is 10.0 Å². The van der Waals surface area contributed by atoms with Gasteiger partial charge in [0.1, 0.15) is 6.04 Å². The average molecular weight is 398 g/mol. The lowest BCUT2D eigenvalue weighted by Gasteiger charge is -2.23. The number of hydrogen-bond acceptors (Lipinski definition) is 5. The molecule has 0 aliphatic carbocycles. The standard InChI is InChI=1S/C21H23N3O3S/c1-14-12-16(3)19(13-15(14)2)28(25,26)24-11-7-10-18(24)21-22-20(23-27-21)17-8-5-4-6-9-17/h4-6,8-9,12-13,18H,7,10-11H2,1-3H3. The Morgan fingerprint density at radius 2 is 1.75 bits per heavy atom. The normalized spacial score (nSPS) is 17.9. The molecule has 0 radical (unpaired) electrons. The zero-order chi connectivity index (χ0) is 19.9. The van der Waals surface area contributed by atoms with E-state index in [2.05, 4.69) is 10.1 Å². The van der Waals surface area contributed by atoms with Crippen LogP contribution in [0.3, 0.4) is 0 Å². The summed E-state index contributed by atoms with van der Waals surface area (Å²) >= 11 is 0. The minimum absolute atomic E-state index is 0.349. The van der Waals surface area contributed by atoms with E-state index < -0.39 is 16.1 Å². The van der Waals surface area contributed by atoms with E-state index in [1.165, 1.54) is 4.31 Å². The largest absolute Gasteiger partial charge is 0.337 e. The van der Waals surface area contributed by atoms with Crippen molar-refractivity contribution in [2.45, 2.75) is 44.6 Å². The molecule has 28 heavy (non-hydrogen) atoms. The molecule has 2 aromatic carbocycles. The summed E-state index contributed by atoms with van der Waals surface area (Å²) in [4.78, 5) is 4.84. The molecule has 1 aromatic heterocycles. The fourth-order valence-electron chi connectivity index (χ4n) is 3.69. The van der Waals surface area contributed by atoms with Crippen LogP contribution in [0.15, 0.2) is 51.9 Å². The molecule has 0 saturated carbocycles. The van der Waals surface area contributed by atoms with Gasteiger partial charge in [0.2, 0.25) is 21.7 Å². The molecular weight excluding hydrogens is 374 g/mol. The third-order valence-electron chi connectivity index (χ3n) is 5.34. The van der Waals surface area contributed by atoms with Gasteiger partial charge in [-0.05, 0) is 56.4 Å². The van der Waals surface area contributed by atoms with Gasteiger partial charge < -0.3 is 4.52 Å². The molecule has 3 aromatic rings. The van der Waals surface area contributed by atoms with Gasteiger partial charge in [-0.3, -0.25) is 0 Å². The average Bonchev–Trinajstić information content (AvgIpc) is 3.34. The van der Waals surface area contributed by atoms with Crippen molar-refractivity contribution >= 4 is 10.0 Å². The van der Waals surface area contributed by atoms with Gasteiger partial charge in [-0.2, -0.15) is 9.29 Å². The summed E-state index contributed by atoms with van der Waals surface area (Å²) in [5.41, 5.74) is 3.64. The Balaban J connectivity index is 1.69. The van der Waals surface area contributed by atoms with E-state index in [9.17, 15) is 8.42 Å². The lowest BCUT2D eigenvalue weighted by Crippen LogP contribution is -2.31. The van der Waals surface area contributed by atoms with Crippen LogP contribution in [0.25, 0.3) is 11.4 Å². The van der Waals surface area contributed by atoms with Crippen LogP contribution in [0.4, 0.5) is 0 Å². The lowest BCUT2D eigenvalue weighted by atomic mass is 10.1. The van der Waals surface area contributed by atoms with Crippen molar-refractivity contribution in [3.05, 3.63) is 65.0 Å². The fraction of sp³-hybridized carbons (Fsp3) is 0.333. The molecule has 0 spiro atoms. The zero-order valence-corrected chi connectivity index (χ0v) is 17.0. The lowest BCUT2D eigenvalue weighted by molar-refractivity contribution is 0.290. The molecule has 146 valence electrons. The predicted molar refractivity (Wildman–Crippen MR) is 106 cm³/mol. The maximum Gasteiger partial charge on any atom is 0.245 e. The van der Waals surface area contributed by atoms with Crippen molar-refractivity contribution in [2.24, 2.45) is 0 Å². The van der Waals surface area contributed by atoms with E-state index in [-0.39, 0.29) is 0 Å². The van der Waals surface area contributed by atoms with Gasteiger partial charge in [0.15, 0.2) is 0 Å². The van der Waals surface area contributed by atoms with E-state index in [1.807, 2.05) is 57.2 Å². The Kier molecular flexibility index (Phi) is 4.81. The van der Waals surface area contributed by atoms with Crippen LogP contribution >= 0.6 is 0 Å². The van der Waals surface area contributed by atoms with Gasteiger partial charge in [0.25, 0.3) is 0 Å². The second-order valence-electron chi connectivity index (χ2n) is 7.30. The number of rotatable bonds is 4. The molecule has 4 rings (SSSR count). The summed E-state index contributed by atoms with van der Waals surface area (Å²) in [7, 11) is -3.66. The SMILES string of the molecule is Cc1cc(C)c(S(=O)(=O)N2CCCC2c2nc(-c3ccccc3)no2)cc1C. The van der Waals surface area contributed by atoms with Crippen molar-refractivity contribution in [1.82, 2.24) is 14.4 Å². The number of aromatic nitrogens is 2. The Morgan fingerprint density at radius 3 is 2.50 bits per heavy atom. The molecule has 1 aliphatic rings. The molecular formula is C21H23N3O3S. The van der Waals surface area contributed by atoms with Crippen LogP contribution in [0.1, 0.15) is 41.5 Å². The Bertz CT molecular complexity index is 1110. The molecule has 0 amide bonds. The summed E-state index contributed by atoms with van der Waals surface area (Å²) < 4.78 is 33.8. The topological polar surface area (TPSA) is 76.3 Å². The van der Waals surface area contributed by atoms with Gasteiger partial charge in [0, 0.05) is 12.1 Å². The van der Waals surface area contributed by atoms with Crippen LogP contribution < -0.4 is 0 Å². The third kappa shape index (κ3) is 3.25. The summed E-state index contributed by atoms with van der Waals surface area (Å²) in [6, 6.07) is 12.8. The highest BCUT2D eigenvalue weighted by molar-refractivity contribution is 7.89. The van der Waals surface area contributed by atoms with Crippen molar-refractivity contribution in [2.75, 3.05) is 6.54 Å². The number of benzene rings is 2. The van der Waals surface area contributed by atoms with Gasteiger partial charge in [-0.25, -0.2) is 8.42 Å². The summed E-state index contributed by atoms with van der Waals surface area (Å²) in [6.45, 7) is 6.20. The molecule has 0 bridgehead atoms. The second-order valence-corrected chi connectivity index (χ2v) is 9.16. The van der Waals surface area contributed by atoms with Crippen molar-refractivity contribution in [3.63, 3.8) is 0 Å². The Hall–Kier alpha value is -2.51. The first kappa shape index (κ1) is 18.8. The zero-order valence-electron chi connectivity index (χ0n) is 16.2. The molecule has 2 heterocycles. The fourth-order valence-corrected chi connectivity index (χ4v) is 5.63. The van der Waals surface area contributed by atoms with Crippen LogP contribution in [0.2, 0.25) is 0 Å². The van der Waals surface area contributed by atoms with Crippen LogP contribution in [0.5, 0.6) is 0 Å². The Morgan fingerprint density at radius 1 is 1.04 bits per heavy atom. The Labute approximate surface area is 165 Å². The van der Waals surface area contributed by atoms with E-state index >= 15 is 0 Å². The molecule has 1 unspecified atom stereocenters. The highest BCUT2D eigenvalue weighted by Crippen LogP contribution is 2.37. The molecule has 1 atom stereocenters. The number of sulfonamides is 1. The third-order valence-corrected chi connectivity index (χ3v) is 7.39. The summed E-state index contributed by atoms with van der Waals surface area (Å²) in [5, 5.41) is 4.06. The number of nitrogens with zero attached hydrogens (tertiary/aromatic N) is 3. The summed E-state index contributed by atoms with van der Waals surface area (Å²) in [6.07, 6.45) is 1.43. The molecule has 1 fully saturated rings. The highest BCUT2D eigenvalue weighted by atomic mass is 32.2. The minimum Gasteiger partial charge on any atom is -0.337 e. The van der Waals surface area contributed by atoms with Gasteiger partial charge in [-0.1, -0.05) is 41.6 Å². The molecule has 6 nitrogen and oxygen atoms in total. The number of hydrogen-bond donors (Lipinski definition) is 0. The quantitative estimate of drug-likeness (QED) is 0.660. The first-order chi connectivity index (χ1) is 13.4. The predicted octanol–water partition coefficient (Wildman–Crippen LogP) is 4.19. The second kappa shape index (κ2) is 7.14. The molecule has 1 aliphatic heterocycles. The molecule has 7 heteroatoms. The summed E-state index contributed by atoms with van der Waals surface area (Å²) in [5.74, 6) is 0.823. The minimum atomic E-state index is -3.66. The smallest absolute Gasteiger partial charge is 0.245 e. The maximum absolute atomic E-state index is 13.4. The van der Waals surface area contributed by atoms with Crippen molar-refractivity contribution in [1.29, 1.82) is 0 Å². The number of aryl methyl sites for hydroxylation is 3. The maximum atomic E-state index is 13.4. The van der Waals surface area contributed by atoms with Gasteiger partial charge in [-0.15, -0.1) is 0 Å².